The van der Waals surface area contributed by atoms with Crippen LogP contribution in [0.1, 0.15) is 75.1 Å². The number of aliphatic hydroxyl groups is 1. The van der Waals surface area contributed by atoms with Crippen LogP contribution in [0.3, 0.4) is 0 Å². The van der Waals surface area contributed by atoms with E-state index in [4.69, 9.17) is 33.2 Å². The Labute approximate surface area is 300 Å². The Hall–Kier alpha value is -3.81. The SMILES string of the molecule is CO[C@](C)(C[C@@H](C)CO)[C@H](O[C@@H]1O[C@H](COC(=O)c2ccccc2)C[C@H](N(C)C)[C@H]1OC(=O)c1ccccc1)[C@@H](C)C1=C(C)C(=O)OC(C)(C)O1. The number of carbonyl (C=O) groups is 3. The number of hydrogen-bond donors (Lipinski definition) is 1. The van der Waals surface area contributed by atoms with Gasteiger partial charge in [-0.05, 0) is 71.0 Å². The van der Waals surface area contributed by atoms with E-state index in [0.717, 1.165) is 0 Å². The van der Waals surface area contributed by atoms with E-state index in [1.807, 2.05) is 51.9 Å². The van der Waals surface area contributed by atoms with Crippen LogP contribution in [0.2, 0.25) is 0 Å². The van der Waals surface area contributed by atoms with Gasteiger partial charge in [-0.3, -0.25) is 0 Å². The van der Waals surface area contributed by atoms with Crippen molar-refractivity contribution in [3.8, 4) is 0 Å². The molecule has 0 aliphatic carbocycles. The lowest BCUT2D eigenvalue weighted by Crippen LogP contribution is -2.60. The topological polar surface area (TPSA) is 139 Å². The lowest BCUT2D eigenvalue weighted by atomic mass is 9.80. The first-order valence-corrected chi connectivity index (χ1v) is 17.3. The predicted molar refractivity (Wildman–Crippen MR) is 187 cm³/mol. The van der Waals surface area contributed by atoms with Crippen molar-refractivity contribution in [2.24, 2.45) is 11.8 Å². The lowest BCUT2D eigenvalue weighted by Gasteiger charge is -2.48. The number of rotatable bonds is 15. The number of nitrogens with zero attached hydrogens (tertiary/aromatic N) is 1. The van der Waals surface area contributed by atoms with Crippen LogP contribution < -0.4 is 0 Å². The van der Waals surface area contributed by atoms with Crippen molar-refractivity contribution in [2.75, 3.05) is 34.4 Å². The van der Waals surface area contributed by atoms with E-state index in [1.165, 1.54) is 0 Å². The number of likely N-dealkylation sites (N-methyl/N-ethyl adjacent to an activating group) is 1. The Morgan fingerprint density at radius 1 is 1.00 bits per heavy atom. The van der Waals surface area contributed by atoms with Gasteiger partial charge in [0.15, 0.2) is 12.4 Å². The summed E-state index contributed by atoms with van der Waals surface area (Å²) in [5.41, 5.74) is -0.0486. The zero-order valence-corrected chi connectivity index (χ0v) is 31.1. The van der Waals surface area contributed by atoms with Gasteiger partial charge in [0, 0.05) is 33.5 Å². The fourth-order valence-corrected chi connectivity index (χ4v) is 6.70. The van der Waals surface area contributed by atoms with Gasteiger partial charge < -0.3 is 43.2 Å². The average Bonchev–Trinajstić information content (AvgIpc) is 3.11. The van der Waals surface area contributed by atoms with Gasteiger partial charge in [-0.1, -0.05) is 50.2 Å². The van der Waals surface area contributed by atoms with Crippen LogP contribution in [0.25, 0.3) is 0 Å². The zero-order valence-electron chi connectivity index (χ0n) is 31.1. The van der Waals surface area contributed by atoms with E-state index >= 15 is 0 Å². The Bertz CT molecular complexity index is 1510. The lowest BCUT2D eigenvalue weighted by molar-refractivity contribution is -0.302. The number of benzene rings is 2. The first kappa shape index (κ1) is 40.0. The van der Waals surface area contributed by atoms with Crippen LogP contribution in [0.4, 0.5) is 0 Å². The van der Waals surface area contributed by atoms with Crippen LogP contribution in [-0.4, -0.2) is 104 Å². The molecule has 12 nitrogen and oxygen atoms in total. The maximum Gasteiger partial charge on any atom is 0.340 e. The van der Waals surface area contributed by atoms with Gasteiger partial charge in [-0.2, -0.15) is 0 Å². The highest BCUT2D eigenvalue weighted by Gasteiger charge is 2.51. The van der Waals surface area contributed by atoms with Gasteiger partial charge in [-0.25, -0.2) is 14.4 Å². The number of methoxy groups -OCH3 is 1. The summed E-state index contributed by atoms with van der Waals surface area (Å²) in [6.07, 6.45) is -2.99. The van der Waals surface area contributed by atoms with Gasteiger partial charge in [0.25, 0.3) is 0 Å². The fraction of sp³-hybridized carbons (Fsp3) is 0.564. The molecular formula is C39H53NO11. The van der Waals surface area contributed by atoms with E-state index in [9.17, 15) is 19.5 Å². The number of esters is 3. The molecule has 2 heterocycles. The molecule has 0 amide bonds. The maximum absolute atomic E-state index is 13.6. The second-order valence-electron chi connectivity index (χ2n) is 14.3. The van der Waals surface area contributed by atoms with Crippen molar-refractivity contribution in [3.63, 3.8) is 0 Å². The highest BCUT2D eigenvalue weighted by Crippen LogP contribution is 2.41. The molecule has 0 spiro atoms. The number of ether oxygens (including phenoxy) is 7. The molecule has 0 unspecified atom stereocenters. The van der Waals surface area contributed by atoms with Crippen LogP contribution >= 0.6 is 0 Å². The summed E-state index contributed by atoms with van der Waals surface area (Å²) in [7, 11) is 5.28. The summed E-state index contributed by atoms with van der Waals surface area (Å²) in [5.74, 6) is -3.31. The summed E-state index contributed by atoms with van der Waals surface area (Å²) in [6, 6.07) is 16.9. The molecule has 4 rings (SSSR count). The molecule has 2 aromatic rings. The molecule has 0 radical (unpaired) electrons. The molecule has 12 heteroatoms. The second kappa shape index (κ2) is 17.1. The van der Waals surface area contributed by atoms with E-state index in [2.05, 4.69) is 0 Å². The van der Waals surface area contributed by atoms with E-state index < -0.39 is 65.9 Å². The van der Waals surface area contributed by atoms with Crippen LogP contribution in [-0.2, 0) is 38.0 Å². The smallest absolute Gasteiger partial charge is 0.340 e. The zero-order chi connectivity index (χ0) is 37.5. The third-order valence-corrected chi connectivity index (χ3v) is 9.46. The molecule has 51 heavy (non-hydrogen) atoms. The molecule has 1 N–H and O–H groups in total. The predicted octanol–water partition coefficient (Wildman–Crippen LogP) is 5.14. The highest BCUT2D eigenvalue weighted by molar-refractivity contribution is 5.90. The molecule has 2 aliphatic rings. The number of aliphatic hydroxyl groups excluding tert-OH is 1. The summed E-state index contributed by atoms with van der Waals surface area (Å²) in [6.45, 7) is 10.3. The summed E-state index contributed by atoms with van der Waals surface area (Å²) < 4.78 is 43.4. The van der Waals surface area contributed by atoms with E-state index in [0.29, 0.717) is 29.7 Å². The minimum Gasteiger partial charge on any atom is -0.459 e. The third kappa shape index (κ3) is 9.95. The summed E-state index contributed by atoms with van der Waals surface area (Å²) >= 11 is 0. The van der Waals surface area contributed by atoms with Gasteiger partial charge >= 0.3 is 17.9 Å². The minimum atomic E-state index is -1.24. The molecule has 2 aromatic carbocycles. The molecule has 2 aliphatic heterocycles. The average molecular weight is 712 g/mol. The van der Waals surface area contributed by atoms with Crippen LogP contribution in [0.5, 0.6) is 0 Å². The molecule has 280 valence electrons. The largest absolute Gasteiger partial charge is 0.459 e. The van der Waals surface area contributed by atoms with Crippen molar-refractivity contribution in [1.82, 2.24) is 4.90 Å². The van der Waals surface area contributed by atoms with Crippen molar-refractivity contribution in [1.29, 1.82) is 0 Å². The quantitative estimate of drug-likeness (QED) is 0.193. The third-order valence-electron chi connectivity index (χ3n) is 9.46. The molecule has 8 atom stereocenters. The molecule has 0 aromatic heterocycles. The van der Waals surface area contributed by atoms with Crippen molar-refractivity contribution >= 4 is 17.9 Å². The maximum atomic E-state index is 13.6. The monoisotopic (exact) mass is 711 g/mol. The number of cyclic esters (lactones) is 1. The Morgan fingerprint density at radius 2 is 1.59 bits per heavy atom. The number of carbonyl (C=O) groups excluding carboxylic acids is 3. The molecular weight excluding hydrogens is 658 g/mol. The van der Waals surface area contributed by atoms with Gasteiger partial charge in [0.2, 0.25) is 5.79 Å². The van der Waals surface area contributed by atoms with E-state index in [-0.39, 0.29) is 24.7 Å². The normalized spacial score (nSPS) is 24.8. The van der Waals surface area contributed by atoms with Crippen molar-refractivity contribution < 1.29 is 52.6 Å². The van der Waals surface area contributed by atoms with E-state index in [1.54, 1.807) is 76.4 Å². The van der Waals surface area contributed by atoms with Gasteiger partial charge in [-0.15, -0.1) is 0 Å². The first-order chi connectivity index (χ1) is 24.1. The standard InChI is InChI=1S/C39H53NO11/c1-24(22-41)21-39(6,45-9)33(25(2)31-26(3)34(42)51-38(4,5)50-31)49-37-32(48-36(44)28-18-14-11-15-19-28)30(40(7)8)20-29(47-37)23-46-35(43)27-16-12-10-13-17-27/h10-19,24-25,29-30,32-33,37,41H,20-23H2,1-9H3/t24-,25+,29+,30+,32-,33-,37+,39-/m1/s1. The molecule has 0 bridgehead atoms. The highest BCUT2D eigenvalue weighted by atomic mass is 16.7. The van der Waals surface area contributed by atoms with Crippen molar-refractivity contribution in [3.05, 3.63) is 83.1 Å². The molecule has 0 saturated carbocycles. The molecule has 1 saturated heterocycles. The summed E-state index contributed by atoms with van der Waals surface area (Å²) in [4.78, 5) is 41.4. The Balaban J connectivity index is 1.76. The fourth-order valence-electron chi connectivity index (χ4n) is 6.70. The van der Waals surface area contributed by atoms with Gasteiger partial charge in [0.1, 0.15) is 12.4 Å². The molecule has 1 fully saturated rings. The van der Waals surface area contributed by atoms with Gasteiger partial charge in [0.05, 0.1) is 40.6 Å². The first-order valence-electron chi connectivity index (χ1n) is 17.3. The minimum absolute atomic E-state index is 0.0893. The summed E-state index contributed by atoms with van der Waals surface area (Å²) in [5, 5.41) is 10.1. The Morgan fingerprint density at radius 3 is 2.14 bits per heavy atom. The van der Waals surface area contributed by atoms with Crippen LogP contribution in [0, 0.1) is 11.8 Å². The Kier molecular flexibility index (Phi) is 13.4. The second-order valence-corrected chi connectivity index (χ2v) is 14.3. The number of hydrogen-bond acceptors (Lipinski definition) is 12. The van der Waals surface area contributed by atoms with Crippen molar-refractivity contribution in [2.45, 2.75) is 96.4 Å². The van der Waals surface area contributed by atoms with Crippen LogP contribution in [0.15, 0.2) is 72.0 Å².